The van der Waals surface area contributed by atoms with Crippen LogP contribution < -0.4 is 10.1 Å². The Labute approximate surface area is 198 Å². The van der Waals surface area contributed by atoms with E-state index in [1.54, 1.807) is 49.1 Å². The molecule has 0 fully saturated rings. The highest BCUT2D eigenvalue weighted by atomic mass is 16.5. The normalized spacial score (nSPS) is 10.6. The number of carbonyl (C=O) groups is 2. The molecule has 4 rings (SSSR count). The Kier molecular flexibility index (Phi) is 6.73. The molecule has 0 aliphatic carbocycles. The molecule has 0 bridgehead atoms. The number of ether oxygens (including phenoxy) is 1. The topological polar surface area (TPSA) is 76.5 Å². The van der Waals surface area contributed by atoms with Crippen LogP contribution in [0.3, 0.4) is 0 Å². The molecular weight excluding hydrogens is 428 g/mol. The highest BCUT2D eigenvalue weighted by Gasteiger charge is 2.23. The molecule has 172 valence electrons. The summed E-state index contributed by atoms with van der Waals surface area (Å²) in [5.74, 6) is 0.325. The van der Waals surface area contributed by atoms with Crippen LogP contribution in [0.4, 0.5) is 0 Å². The molecule has 0 radical (unpaired) electrons. The van der Waals surface area contributed by atoms with E-state index in [0.29, 0.717) is 29.1 Å². The van der Waals surface area contributed by atoms with Crippen LogP contribution in [-0.4, -0.2) is 47.7 Å². The van der Waals surface area contributed by atoms with E-state index < -0.39 is 0 Å². The average Bonchev–Trinajstić information content (AvgIpc) is 3.34. The van der Waals surface area contributed by atoms with Crippen molar-refractivity contribution in [1.29, 1.82) is 0 Å². The van der Waals surface area contributed by atoms with Gasteiger partial charge < -0.3 is 15.0 Å². The van der Waals surface area contributed by atoms with Crippen molar-refractivity contribution < 1.29 is 14.3 Å². The Morgan fingerprint density at radius 3 is 2.32 bits per heavy atom. The molecule has 0 aliphatic rings. The third-order valence-electron chi connectivity index (χ3n) is 5.54. The van der Waals surface area contributed by atoms with Gasteiger partial charge in [-0.25, -0.2) is 4.68 Å². The molecule has 7 heteroatoms. The maximum absolute atomic E-state index is 13.6. The van der Waals surface area contributed by atoms with Crippen molar-refractivity contribution >= 4 is 11.8 Å². The third kappa shape index (κ3) is 4.68. The number of hydrogen-bond donors (Lipinski definition) is 1. The minimum absolute atomic E-state index is 0.147. The van der Waals surface area contributed by atoms with Gasteiger partial charge in [-0.2, -0.15) is 5.10 Å². The quantitative estimate of drug-likeness (QED) is 0.455. The fourth-order valence-electron chi connectivity index (χ4n) is 3.74. The fourth-order valence-corrected chi connectivity index (χ4v) is 3.74. The van der Waals surface area contributed by atoms with Crippen molar-refractivity contribution in [1.82, 2.24) is 20.0 Å². The summed E-state index contributed by atoms with van der Waals surface area (Å²) in [7, 11) is 4.95. The molecule has 0 unspecified atom stereocenters. The largest absolute Gasteiger partial charge is 0.496 e. The van der Waals surface area contributed by atoms with Crippen LogP contribution in [0.25, 0.3) is 16.9 Å². The number of hydrogen-bond acceptors (Lipinski definition) is 4. The lowest BCUT2D eigenvalue weighted by Crippen LogP contribution is -2.26. The van der Waals surface area contributed by atoms with Crippen LogP contribution in [-0.2, 0) is 6.54 Å². The van der Waals surface area contributed by atoms with E-state index in [-0.39, 0.29) is 11.8 Å². The molecule has 4 aromatic rings. The van der Waals surface area contributed by atoms with Gasteiger partial charge in [-0.05, 0) is 42.0 Å². The molecule has 0 saturated carbocycles. The summed E-state index contributed by atoms with van der Waals surface area (Å²) in [4.78, 5) is 27.0. The van der Waals surface area contributed by atoms with E-state index in [0.717, 1.165) is 16.8 Å². The van der Waals surface area contributed by atoms with Gasteiger partial charge in [0.05, 0.1) is 18.4 Å². The summed E-state index contributed by atoms with van der Waals surface area (Å²) in [6, 6.07) is 24.4. The SMILES string of the molecule is CNC(=O)c1ccc(CN(C)C(=O)c2cn(-c3ccccc3)nc2-c2ccccc2OC)cc1. The van der Waals surface area contributed by atoms with Gasteiger partial charge in [0.15, 0.2) is 0 Å². The van der Waals surface area contributed by atoms with Gasteiger partial charge in [-0.3, -0.25) is 9.59 Å². The van der Waals surface area contributed by atoms with Crippen molar-refractivity contribution in [2.75, 3.05) is 21.2 Å². The van der Waals surface area contributed by atoms with Crippen LogP contribution in [0.1, 0.15) is 26.3 Å². The number of aromatic nitrogens is 2. The van der Waals surface area contributed by atoms with Crippen LogP contribution in [0.2, 0.25) is 0 Å². The molecule has 34 heavy (non-hydrogen) atoms. The summed E-state index contributed by atoms with van der Waals surface area (Å²) in [6.07, 6.45) is 1.75. The Morgan fingerprint density at radius 2 is 1.65 bits per heavy atom. The number of methoxy groups -OCH3 is 1. The second-order valence-corrected chi connectivity index (χ2v) is 7.81. The first-order valence-corrected chi connectivity index (χ1v) is 10.9. The minimum Gasteiger partial charge on any atom is -0.496 e. The van der Waals surface area contributed by atoms with Gasteiger partial charge in [0, 0.05) is 38.0 Å². The van der Waals surface area contributed by atoms with Crippen LogP contribution in [0.5, 0.6) is 5.75 Å². The van der Waals surface area contributed by atoms with Gasteiger partial charge in [0.25, 0.3) is 11.8 Å². The van der Waals surface area contributed by atoms with Gasteiger partial charge in [-0.15, -0.1) is 0 Å². The summed E-state index contributed by atoms with van der Waals surface area (Å²) in [5, 5.41) is 7.36. The lowest BCUT2D eigenvalue weighted by atomic mass is 10.1. The molecule has 1 aromatic heterocycles. The first-order chi connectivity index (χ1) is 16.5. The Balaban J connectivity index is 1.68. The zero-order valence-electron chi connectivity index (χ0n) is 19.4. The molecule has 7 nitrogen and oxygen atoms in total. The molecule has 0 saturated heterocycles. The summed E-state index contributed by atoms with van der Waals surface area (Å²) < 4.78 is 7.25. The van der Waals surface area contributed by atoms with Gasteiger partial charge in [0.2, 0.25) is 0 Å². The fraction of sp³-hybridized carbons (Fsp3) is 0.148. The zero-order valence-corrected chi connectivity index (χ0v) is 19.4. The molecule has 0 aliphatic heterocycles. The van der Waals surface area contributed by atoms with Crippen LogP contribution in [0.15, 0.2) is 85.1 Å². The van der Waals surface area contributed by atoms with Crippen molar-refractivity contribution in [2.24, 2.45) is 0 Å². The first kappa shape index (κ1) is 22.8. The van der Waals surface area contributed by atoms with Crippen LogP contribution in [0, 0.1) is 0 Å². The highest BCUT2D eigenvalue weighted by molar-refractivity contribution is 6.00. The van der Waals surface area contributed by atoms with E-state index in [1.807, 2.05) is 66.7 Å². The lowest BCUT2D eigenvalue weighted by molar-refractivity contribution is 0.0785. The standard InChI is InChI=1S/C27H26N4O3/c1-28-26(32)20-15-13-19(14-16-20)17-30(2)27(33)23-18-31(21-9-5-4-6-10-21)29-25(23)22-11-7-8-12-24(22)34-3/h4-16,18H,17H2,1-3H3,(H,28,32). The molecule has 1 heterocycles. The summed E-state index contributed by atoms with van der Waals surface area (Å²) in [5.41, 5.74) is 4.10. The van der Waals surface area contributed by atoms with Crippen molar-refractivity contribution in [2.45, 2.75) is 6.54 Å². The number of nitrogens with one attached hydrogen (secondary N) is 1. The van der Waals surface area contributed by atoms with E-state index in [4.69, 9.17) is 9.84 Å². The van der Waals surface area contributed by atoms with Crippen molar-refractivity contribution in [3.05, 3.63) is 102 Å². The van der Waals surface area contributed by atoms with Gasteiger partial charge >= 0.3 is 0 Å². The minimum atomic E-state index is -0.168. The maximum atomic E-state index is 13.6. The van der Waals surface area contributed by atoms with E-state index in [9.17, 15) is 9.59 Å². The number of nitrogens with zero attached hydrogens (tertiary/aromatic N) is 3. The predicted octanol–water partition coefficient (Wildman–Crippen LogP) is 4.18. The smallest absolute Gasteiger partial charge is 0.257 e. The van der Waals surface area contributed by atoms with Crippen molar-refractivity contribution in [3.63, 3.8) is 0 Å². The van der Waals surface area contributed by atoms with Gasteiger partial charge in [0.1, 0.15) is 11.4 Å². The summed E-state index contributed by atoms with van der Waals surface area (Å²) >= 11 is 0. The highest BCUT2D eigenvalue weighted by Crippen LogP contribution is 2.32. The van der Waals surface area contributed by atoms with E-state index >= 15 is 0 Å². The number of para-hydroxylation sites is 2. The second-order valence-electron chi connectivity index (χ2n) is 7.81. The van der Waals surface area contributed by atoms with E-state index in [2.05, 4.69) is 5.32 Å². The third-order valence-corrected chi connectivity index (χ3v) is 5.54. The maximum Gasteiger partial charge on any atom is 0.257 e. The Hall–Kier alpha value is -4.39. The molecule has 2 amide bonds. The summed E-state index contributed by atoms with van der Waals surface area (Å²) in [6.45, 7) is 0.384. The second kappa shape index (κ2) is 10.0. The Bertz CT molecular complexity index is 1300. The molecule has 0 atom stereocenters. The van der Waals surface area contributed by atoms with Gasteiger partial charge in [-0.1, -0.05) is 42.5 Å². The van der Waals surface area contributed by atoms with E-state index in [1.165, 1.54) is 0 Å². The predicted molar refractivity (Wildman–Crippen MR) is 131 cm³/mol. The van der Waals surface area contributed by atoms with Crippen molar-refractivity contribution in [3.8, 4) is 22.7 Å². The zero-order chi connectivity index (χ0) is 24.1. The first-order valence-electron chi connectivity index (χ1n) is 10.9. The molecule has 0 spiro atoms. The lowest BCUT2D eigenvalue weighted by Gasteiger charge is -2.18. The average molecular weight is 455 g/mol. The number of rotatable bonds is 7. The molecular formula is C27H26N4O3. The monoisotopic (exact) mass is 454 g/mol. The van der Waals surface area contributed by atoms with Crippen LogP contribution >= 0.6 is 0 Å². The number of amides is 2. The Morgan fingerprint density at radius 1 is 0.971 bits per heavy atom. The number of carbonyl (C=O) groups excluding carboxylic acids is 2. The number of benzene rings is 3. The molecule has 3 aromatic carbocycles. The molecule has 1 N–H and O–H groups in total.